The van der Waals surface area contributed by atoms with Gasteiger partial charge < -0.3 is 47.7 Å². The number of aliphatic hydroxyl groups excluding tert-OH is 1. The minimum Gasteiger partial charge on any atom is -0.393 e. The summed E-state index contributed by atoms with van der Waals surface area (Å²) in [5, 5.41) is 10.4. The van der Waals surface area contributed by atoms with Crippen molar-refractivity contribution in [3.05, 3.63) is 24.3 Å². The number of aliphatic hydroxyl groups is 1. The molecule has 51 heavy (non-hydrogen) atoms. The van der Waals surface area contributed by atoms with Crippen LogP contribution in [0.5, 0.6) is 0 Å². The predicted octanol–water partition coefficient (Wildman–Crippen LogP) is 4.50. The molecule has 0 amide bonds. The maximum absolute atomic E-state index is 14.0. The molecule has 10 aliphatic heterocycles. The lowest BCUT2D eigenvalue weighted by Crippen LogP contribution is -2.61. The normalized spacial score (nSPS) is 53.2. The summed E-state index contributed by atoms with van der Waals surface area (Å²) < 4.78 is 60.0. The van der Waals surface area contributed by atoms with E-state index in [1.165, 1.54) is 0 Å². The Kier molecular flexibility index (Phi) is 9.59. The van der Waals surface area contributed by atoms with Crippen molar-refractivity contribution < 1.29 is 52.5 Å². The average Bonchev–Trinajstić information content (AvgIpc) is 3.76. The van der Waals surface area contributed by atoms with Crippen LogP contribution in [0.1, 0.15) is 97.3 Å². The SMILES string of the molecule is C=C1C[C@@H]2CC[C@@]34C[C@H]5O[C@@H]6[C@@H](O3)[C@H]3O[C@H](CC[C@@H]3O[C@H]6[C@H]5O4)CC(=O)C[C@@H]3[C@@H](OC)[C@@H](CC(C)O)O[C@H]3C[C@H]3O[C@@H](CC[C@@H]1O2)C[C@@H](C)C3=C. The van der Waals surface area contributed by atoms with Gasteiger partial charge in [0.15, 0.2) is 5.79 Å². The molecule has 10 aliphatic rings. The van der Waals surface area contributed by atoms with Gasteiger partial charge in [-0.3, -0.25) is 4.79 Å². The molecule has 1 N–H and O–H groups in total. The summed E-state index contributed by atoms with van der Waals surface area (Å²) in [6.45, 7) is 12.9. The highest BCUT2D eigenvalue weighted by Crippen LogP contribution is 2.54. The predicted molar refractivity (Wildman–Crippen MR) is 183 cm³/mol. The zero-order valence-corrected chi connectivity index (χ0v) is 30.5. The maximum Gasteiger partial charge on any atom is 0.172 e. The van der Waals surface area contributed by atoms with Gasteiger partial charge in [-0.15, -0.1) is 0 Å². The van der Waals surface area contributed by atoms with Crippen LogP contribution in [0.25, 0.3) is 0 Å². The molecule has 12 bridgehead atoms. The number of Topliss-reactive ketones (excluding diaryl/α,β-unsaturated/α-hetero) is 1. The minimum atomic E-state index is -0.771. The third kappa shape index (κ3) is 6.53. The van der Waals surface area contributed by atoms with Crippen molar-refractivity contribution in [2.45, 2.75) is 201 Å². The highest BCUT2D eigenvalue weighted by atomic mass is 16.8. The van der Waals surface area contributed by atoms with Crippen LogP contribution >= 0.6 is 0 Å². The van der Waals surface area contributed by atoms with Gasteiger partial charge in [0.2, 0.25) is 0 Å². The highest BCUT2D eigenvalue weighted by Gasteiger charge is 2.68. The Balaban J connectivity index is 0.995. The Morgan fingerprint density at radius 1 is 0.784 bits per heavy atom. The summed E-state index contributed by atoms with van der Waals surface area (Å²) in [5.41, 5.74) is 2.22. The van der Waals surface area contributed by atoms with Crippen molar-refractivity contribution in [3.8, 4) is 0 Å². The van der Waals surface area contributed by atoms with Crippen molar-refractivity contribution >= 4 is 5.78 Å². The molecule has 10 heterocycles. The van der Waals surface area contributed by atoms with Gasteiger partial charge >= 0.3 is 0 Å². The number of ketones is 1. The fraction of sp³-hybridized carbons (Fsp3) is 0.875. The zero-order valence-electron chi connectivity index (χ0n) is 30.5. The van der Waals surface area contributed by atoms with E-state index < -0.39 is 11.9 Å². The summed E-state index contributed by atoms with van der Waals surface area (Å²) in [6, 6.07) is 0. The molecule has 11 nitrogen and oxygen atoms in total. The Morgan fingerprint density at radius 3 is 2.35 bits per heavy atom. The Bertz CT molecular complexity index is 1350. The molecule has 10 saturated heterocycles. The number of hydrogen-bond donors (Lipinski definition) is 1. The minimum absolute atomic E-state index is 0.00511. The van der Waals surface area contributed by atoms with E-state index in [4.69, 9.17) is 42.6 Å². The number of fused-ring (bicyclic) bond motifs is 6. The molecule has 0 radical (unpaired) electrons. The average molecular weight is 715 g/mol. The van der Waals surface area contributed by atoms with Gasteiger partial charge in [0.25, 0.3) is 0 Å². The summed E-state index contributed by atoms with van der Waals surface area (Å²) in [6.07, 6.45) is 5.60. The quantitative estimate of drug-likeness (QED) is 0.417. The first-order valence-corrected chi connectivity index (χ1v) is 19.9. The Labute approximate surface area is 302 Å². The molecule has 10 rings (SSSR count). The monoisotopic (exact) mass is 714 g/mol. The number of ether oxygens (including phenoxy) is 9. The first-order valence-electron chi connectivity index (χ1n) is 19.9. The first-order chi connectivity index (χ1) is 24.6. The summed E-state index contributed by atoms with van der Waals surface area (Å²) in [5.74, 6) is -0.532. The molecular weight excluding hydrogens is 656 g/mol. The largest absolute Gasteiger partial charge is 0.393 e. The van der Waals surface area contributed by atoms with Gasteiger partial charge in [-0.1, -0.05) is 20.1 Å². The fourth-order valence-electron chi connectivity index (χ4n) is 11.3. The van der Waals surface area contributed by atoms with Crippen molar-refractivity contribution in [2.75, 3.05) is 7.11 Å². The molecule has 0 saturated carbocycles. The molecule has 0 aromatic rings. The van der Waals surface area contributed by atoms with E-state index in [1.807, 2.05) is 0 Å². The number of carbonyl (C=O) groups excluding carboxylic acids is 1. The van der Waals surface area contributed by atoms with Gasteiger partial charge in [0, 0.05) is 51.6 Å². The molecule has 284 valence electrons. The van der Waals surface area contributed by atoms with E-state index in [0.29, 0.717) is 44.4 Å². The van der Waals surface area contributed by atoms with E-state index in [2.05, 4.69) is 20.1 Å². The lowest BCUT2D eigenvalue weighted by Gasteiger charge is -2.47. The number of rotatable bonds is 3. The molecule has 1 spiro atoms. The molecule has 0 aromatic carbocycles. The van der Waals surface area contributed by atoms with Crippen LogP contribution in [0.15, 0.2) is 24.3 Å². The smallest absolute Gasteiger partial charge is 0.172 e. The van der Waals surface area contributed by atoms with Crippen LogP contribution in [0.2, 0.25) is 0 Å². The van der Waals surface area contributed by atoms with Crippen molar-refractivity contribution in [1.82, 2.24) is 0 Å². The molecule has 1 unspecified atom stereocenters. The topological polar surface area (TPSA) is 120 Å². The van der Waals surface area contributed by atoms with E-state index in [9.17, 15) is 9.90 Å². The second kappa shape index (κ2) is 13.8. The summed E-state index contributed by atoms with van der Waals surface area (Å²) in [4.78, 5) is 14.0. The standard InChI is InChI=1S/C40H58O11/c1-19-12-24-6-8-28-20(2)13-26(44-28)10-11-40-18-33-36(50-40)37-38(49-33)39(51-40)35-29(48-37)9-7-25(46-35)15-23(42)16-27-31(17-30(45-24)22(19)4)47-32(14-21(3)41)34(27)43-5/h19,21,24-39,41H,2,4,6-18H2,1,3,5H3/t19-,21?,24+,25-,26+,27+,28+,29+,30-,31+,32-,33-,34-,35+,36+,37+,38+,39+,40+/m1/s1. The van der Waals surface area contributed by atoms with Crippen molar-refractivity contribution in [1.29, 1.82) is 0 Å². The second-order valence-corrected chi connectivity index (χ2v) is 17.4. The van der Waals surface area contributed by atoms with Gasteiger partial charge in [-0.05, 0) is 68.9 Å². The third-order valence-corrected chi connectivity index (χ3v) is 13.8. The molecule has 11 heteroatoms. The lowest BCUT2D eigenvalue weighted by atomic mass is 9.81. The zero-order chi connectivity index (χ0) is 35.2. The molecule has 10 fully saturated rings. The summed E-state index contributed by atoms with van der Waals surface area (Å²) >= 11 is 0. The van der Waals surface area contributed by atoms with E-state index in [-0.39, 0.29) is 103 Å². The third-order valence-electron chi connectivity index (χ3n) is 13.8. The molecule has 19 atom stereocenters. The summed E-state index contributed by atoms with van der Waals surface area (Å²) in [7, 11) is 1.68. The van der Waals surface area contributed by atoms with Gasteiger partial charge in [-0.25, -0.2) is 0 Å². The highest BCUT2D eigenvalue weighted by molar-refractivity contribution is 5.79. The van der Waals surface area contributed by atoms with Crippen LogP contribution < -0.4 is 0 Å². The molecule has 0 aliphatic carbocycles. The van der Waals surface area contributed by atoms with Crippen LogP contribution in [0.3, 0.4) is 0 Å². The van der Waals surface area contributed by atoms with E-state index >= 15 is 0 Å². The maximum atomic E-state index is 14.0. The van der Waals surface area contributed by atoms with Gasteiger partial charge in [-0.2, -0.15) is 0 Å². The van der Waals surface area contributed by atoms with Crippen LogP contribution in [-0.4, -0.2) is 121 Å². The van der Waals surface area contributed by atoms with E-state index in [0.717, 1.165) is 56.1 Å². The van der Waals surface area contributed by atoms with Gasteiger partial charge in [0.05, 0.1) is 67.1 Å². The Morgan fingerprint density at radius 2 is 1.53 bits per heavy atom. The number of carbonyl (C=O) groups is 1. The van der Waals surface area contributed by atoms with Crippen molar-refractivity contribution in [3.63, 3.8) is 0 Å². The number of hydrogen-bond acceptors (Lipinski definition) is 11. The number of methoxy groups -OCH3 is 1. The van der Waals surface area contributed by atoms with Crippen LogP contribution in [0.4, 0.5) is 0 Å². The van der Waals surface area contributed by atoms with Crippen LogP contribution in [-0.2, 0) is 47.4 Å². The second-order valence-electron chi connectivity index (χ2n) is 17.4. The van der Waals surface area contributed by atoms with E-state index in [1.54, 1.807) is 14.0 Å². The van der Waals surface area contributed by atoms with Crippen LogP contribution in [0, 0.1) is 11.8 Å². The first kappa shape index (κ1) is 35.5. The van der Waals surface area contributed by atoms with Crippen molar-refractivity contribution in [2.24, 2.45) is 11.8 Å². The Hall–Kier alpha value is -1.25. The molecule has 0 aromatic heterocycles. The fourth-order valence-corrected chi connectivity index (χ4v) is 11.3. The lowest BCUT2D eigenvalue weighted by molar-refractivity contribution is -0.292. The van der Waals surface area contributed by atoms with Gasteiger partial charge in [0.1, 0.15) is 36.3 Å². The molecular formula is C40H58O11.